The topological polar surface area (TPSA) is 108 Å². The number of aromatic amines is 1. The van der Waals surface area contributed by atoms with Gasteiger partial charge < -0.3 is 14.7 Å². The number of hydrogen-bond donors (Lipinski definition) is 2. The van der Waals surface area contributed by atoms with Gasteiger partial charge in [-0.25, -0.2) is 8.91 Å². The number of piperidine rings is 1. The molecule has 8 rings (SSSR count). The van der Waals surface area contributed by atoms with Crippen LogP contribution in [0.1, 0.15) is 50.2 Å². The number of aromatic nitrogens is 6. The number of fused-ring (bicyclic) bond motifs is 5. The second kappa shape index (κ2) is 9.59. The van der Waals surface area contributed by atoms with Gasteiger partial charge in [0.1, 0.15) is 18.6 Å². The second-order valence-electron chi connectivity index (χ2n) is 13.2. The monoisotopic (exact) mass is 584 g/mol. The van der Waals surface area contributed by atoms with Crippen LogP contribution in [0.5, 0.6) is 6.01 Å². The number of aryl methyl sites for hydroxylation is 1. The molecular weight excluding hydrogens is 547 g/mol. The minimum Gasteiger partial charge on any atom is -0.461 e. The lowest BCUT2D eigenvalue weighted by molar-refractivity contribution is 0.0447. The van der Waals surface area contributed by atoms with E-state index in [1.54, 1.807) is 6.20 Å². The lowest BCUT2D eigenvalue weighted by atomic mass is 9.94. The van der Waals surface area contributed by atoms with Crippen molar-refractivity contribution in [2.75, 3.05) is 37.7 Å². The fourth-order valence-corrected chi connectivity index (χ4v) is 7.85. The van der Waals surface area contributed by atoms with Crippen LogP contribution in [0.4, 0.5) is 10.2 Å². The summed E-state index contributed by atoms with van der Waals surface area (Å²) >= 11 is 0. The van der Waals surface area contributed by atoms with Gasteiger partial charge in [-0.15, -0.1) is 0 Å². The Morgan fingerprint density at radius 3 is 2.88 bits per heavy atom. The van der Waals surface area contributed by atoms with Crippen molar-refractivity contribution >= 4 is 33.1 Å². The molecule has 224 valence electrons. The maximum Gasteiger partial charge on any atom is 0.319 e. The van der Waals surface area contributed by atoms with Crippen LogP contribution in [-0.4, -0.2) is 89.9 Å². The Hall–Kier alpha value is -3.83. The van der Waals surface area contributed by atoms with E-state index in [0.717, 1.165) is 94.3 Å². The zero-order valence-corrected chi connectivity index (χ0v) is 24.9. The van der Waals surface area contributed by atoms with E-state index in [4.69, 9.17) is 19.8 Å². The van der Waals surface area contributed by atoms with E-state index < -0.39 is 11.8 Å². The molecule has 11 heteroatoms. The Morgan fingerprint density at radius 1 is 1.16 bits per heavy atom. The molecule has 4 aromatic heterocycles. The SMILES string of the molecule is Cc1cc2[nH]ncc2c(-c2cc3nc(OC[C@@]45CCCN4C[C@H](F)C5)nc(N4CCC[C@@](C)(O)C4)c3c3ccnn23)c1C. The maximum atomic E-state index is 14.5. The van der Waals surface area contributed by atoms with Crippen molar-refractivity contribution in [2.45, 2.75) is 70.2 Å². The van der Waals surface area contributed by atoms with E-state index in [2.05, 4.69) is 46.0 Å². The summed E-state index contributed by atoms with van der Waals surface area (Å²) in [5, 5.41) is 25.1. The summed E-state index contributed by atoms with van der Waals surface area (Å²) in [5.41, 5.74) is 5.69. The normalized spacial score (nSPS) is 26.3. The summed E-state index contributed by atoms with van der Waals surface area (Å²) in [6.45, 7) is 9.04. The van der Waals surface area contributed by atoms with Gasteiger partial charge >= 0.3 is 6.01 Å². The molecule has 10 nitrogen and oxygen atoms in total. The summed E-state index contributed by atoms with van der Waals surface area (Å²) in [4.78, 5) is 14.4. The summed E-state index contributed by atoms with van der Waals surface area (Å²) < 4.78 is 22.9. The third kappa shape index (κ3) is 4.27. The molecule has 0 bridgehead atoms. The Bertz CT molecular complexity index is 1880. The molecule has 5 aromatic rings. The zero-order chi connectivity index (χ0) is 29.5. The molecule has 0 saturated carbocycles. The third-order valence-electron chi connectivity index (χ3n) is 10.0. The smallest absolute Gasteiger partial charge is 0.319 e. The molecule has 7 heterocycles. The molecule has 43 heavy (non-hydrogen) atoms. The molecule has 2 N–H and O–H groups in total. The average Bonchev–Trinajstić information content (AvgIpc) is 3.75. The molecule has 3 aliphatic rings. The number of H-pyrrole nitrogens is 1. The van der Waals surface area contributed by atoms with Crippen LogP contribution in [0.2, 0.25) is 0 Å². The Balaban J connectivity index is 1.32. The number of alkyl halides is 1. The highest BCUT2D eigenvalue weighted by Gasteiger charge is 2.49. The first-order valence-electron chi connectivity index (χ1n) is 15.3. The van der Waals surface area contributed by atoms with Gasteiger partial charge in [0, 0.05) is 37.0 Å². The number of ether oxygens (including phenoxy) is 1. The number of hydrogen-bond acceptors (Lipinski definition) is 8. The molecular formula is C32H37FN8O2. The van der Waals surface area contributed by atoms with E-state index >= 15 is 0 Å². The van der Waals surface area contributed by atoms with Crippen LogP contribution in [0.3, 0.4) is 0 Å². The number of anilines is 1. The Kier molecular flexibility index (Phi) is 5.97. The van der Waals surface area contributed by atoms with Crippen LogP contribution >= 0.6 is 0 Å². The van der Waals surface area contributed by atoms with E-state index in [1.165, 1.54) is 0 Å². The number of nitrogens with zero attached hydrogens (tertiary/aromatic N) is 7. The predicted octanol–water partition coefficient (Wildman–Crippen LogP) is 4.74. The minimum absolute atomic E-state index is 0.278. The van der Waals surface area contributed by atoms with Gasteiger partial charge in [0.25, 0.3) is 0 Å². The first kappa shape index (κ1) is 26.8. The van der Waals surface area contributed by atoms with Crippen LogP contribution in [0.25, 0.3) is 38.6 Å². The third-order valence-corrected chi connectivity index (χ3v) is 10.0. The van der Waals surface area contributed by atoms with Crippen molar-refractivity contribution < 1.29 is 14.2 Å². The number of nitrogens with one attached hydrogen (secondary N) is 1. The highest BCUT2D eigenvalue weighted by atomic mass is 19.1. The fraction of sp³-hybridized carbons (Fsp3) is 0.500. The summed E-state index contributed by atoms with van der Waals surface area (Å²) in [7, 11) is 0. The zero-order valence-electron chi connectivity index (χ0n) is 24.9. The number of halogens is 1. The lowest BCUT2D eigenvalue weighted by Gasteiger charge is -2.38. The molecule has 3 atom stereocenters. The highest BCUT2D eigenvalue weighted by molar-refractivity contribution is 6.06. The predicted molar refractivity (Wildman–Crippen MR) is 163 cm³/mol. The first-order chi connectivity index (χ1) is 20.7. The van der Waals surface area contributed by atoms with Gasteiger partial charge in [0.05, 0.1) is 51.2 Å². The van der Waals surface area contributed by atoms with Gasteiger partial charge in [0.15, 0.2) is 0 Å². The Labute approximate surface area is 248 Å². The number of β-amino-alcohol motifs (C(OH)–C–C–N with tert-alkyl or cyclic N) is 1. The van der Waals surface area contributed by atoms with Crippen molar-refractivity contribution in [1.82, 2.24) is 34.7 Å². The lowest BCUT2D eigenvalue weighted by Crippen LogP contribution is -2.46. The van der Waals surface area contributed by atoms with Crippen molar-refractivity contribution in [3.05, 3.63) is 41.7 Å². The molecule has 3 fully saturated rings. The van der Waals surface area contributed by atoms with E-state index in [-0.39, 0.29) is 11.5 Å². The van der Waals surface area contributed by atoms with Gasteiger partial charge in [-0.3, -0.25) is 10.00 Å². The number of benzene rings is 1. The number of rotatable bonds is 5. The second-order valence-corrected chi connectivity index (χ2v) is 13.2. The van der Waals surface area contributed by atoms with E-state index in [9.17, 15) is 9.50 Å². The average molecular weight is 585 g/mol. The largest absolute Gasteiger partial charge is 0.461 e. The minimum atomic E-state index is -0.831. The quantitative estimate of drug-likeness (QED) is 0.305. The van der Waals surface area contributed by atoms with Gasteiger partial charge in [0.2, 0.25) is 0 Å². The molecule has 0 unspecified atom stereocenters. The van der Waals surface area contributed by atoms with Crippen LogP contribution in [0.15, 0.2) is 30.6 Å². The summed E-state index contributed by atoms with van der Waals surface area (Å²) in [6, 6.07) is 6.46. The van der Waals surface area contributed by atoms with Crippen LogP contribution in [0, 0.1) is 13.8 Å². The van der Waals surface area contributed by atoms with Crippen LogP contribution < -0.4 is 9.64 Å². The Morgan fingerprint density at radius 2 is 2.02 bits per heavy atom. The molecule has 0 aliphatic carbocycles. The molecule has 0 amide bonds. The molecule has 3 saturated heterocycles. The fourth-order valence-electron chi connectivity index (χ4n) is 7.85. The summed E-state index contributed by atoms with van der Waals surface area (Å²) in [6.07, 6.45) is 6.85. The van der Waals surface area contributed by atoms with Gasteiger partial charge in [-0.05, 0) is 82.3 Å². The maximum absolute atomic E-state index is 14.5. The van der Waals surface area contributed by atoms with E-state index in [0.29, 0.717) is 26.1 Å². The molecule has 3 aliphatic heterocycles. The van der Waals surface area contributed by atoms with E-state index in [1.807, 2.05) is 23.7 Å². The number of aliphatic hydroxyl groups is 1. The first-order valence-corrected chi connectivity index (χ1v) is 15.3. The van der Waals surface area contributed by atoms with Crippen molar-refractivity contribution in [3.63, 3.8) is 0 Å². The van der Waals surface area contributed by atoms with Crippen molar-refractivity contribution in [2.24, 2.45) is 0 Å². The highest BCUT2D eigenvalue weighted by Crippen LogP contribution is 2.42. The number of pyridine rings is 1. The van der Waals surface area contributed by atoms with Crippen LogP contribution in [-0.2, 0) is 0 Å². The van der Waals surface area contributed by atoms with Gasteiger partial charge in [-0.1, -0.05) is 0 Å². The van der Waals surface area contributed by atoms with Crippen molar-refractivity contribution in [1.29, 1.82) is 0 Å². The molecule has 0 radical (unpaired) electrons. The molecule has 0 spiro atoms. The standard InChI is InChI=1S/C32H37FN8O2/c1-19-12-23-22(15-34-38-23)27(20(19)2)26-13-24-28(25-6-9-35-41(25)26)29(39-10-4-7-31(3,42)17-39)37-30(36-24)43-18-32-8-5-11-40(32)16-21(33)14-32/h6,9,12-13,15,21,42H,4-5,7-8,10-11,14,16-18H2,1-3H3,(H,34,38)/t21-,31-,32+/m1/s1. The van der Waals surface area contributed by atoms with Crippen molar-refractivity contribution in [3.8, 4) is 17.3 Å². The molecule has 1 aromatic carbocycles. The summed E-state index contributed by atoms with van der Waals surface area (Å²) in [5.74, 6) is 0.724. The van der Waals surface area contributed by atoms with Gasteiger partial charge in [-0.2, -0.15) is 20.2 Å².